The van der Waals surface area contributed by atoms with Gasteiger partial charge >= 0.3 is 5.97 Å². The van der Waals surface area contributed by atoms with E-state index in [2.05, 4.69) is 15.9 Å². The van der Waals surface area contributed by atoms with E-state index in [-0.39, 0.29) is 16.2 Å². The topological polar surface area (TPSA) is 83.9 Å². The molecule has 0 fully saturated rings. The molecule has 0 saturated heterocycles. The Morgan fingerprint density at radius 1 is 1.25 bits per heavy atom. The number of aromatic carboxylic acids is 1. The second kappa shape index (κ2) is 6.10. The molecule has 1 heterocycles. The van der Waals surface area contributed by atoms with Gasteiger partial charge in [0.15, 0.2) is 0 Å². The Hall–Kier alpha value is -2.06. The van der Waals surface area contributed by atoms with Gasteiger partial charge in [0.1, 0.15) is 10.6 Å². The molecule has 0 unspecified atom stereocenters. The molecule has 0 aromatic heterocycles. The van der Waals surface area contributed by atoms with Gasteiger partial charge in [-0.15, -0.1) is 0 Å². The molecule has 0 atom stereocenters. The number of ether oxygens (including phenoxy) is 1. The van der Waals surface area contributed by atoms with Crippen molar-refractivity contribution in [1.29, 1.82) is 0 Å². The van der Waals surface area contributed by atoms with Gasteiger partial charge in [0, 0.05) is 11.0 Å². The molecule has 24 heavy (non-hydrogen) atoms. The van der Waals surface area contributed by atoms with Crippen LogP contribution in [0.15, 0.2) is 45.8 Å². The Balaban J connectivity index is 2.13. The summed E-state index contributed by atoms with van der Waals surface area (Å²) in [5, 5.41) is 9.14. The van der Waals surface area contributed by atoms with Crippen molar-refractivity contribution < 1.29 is 23.1 Å². The number of fused-ring (bicyclic) bond motifs is 1. The van der Waals surface area contributed by atoms with Crippen molar-refractivity contribution in [3.05, 3.63) is 52.0 Å². The SMILES string of the molecule is COc1ccc(C(=O)O)cc1S(=O)(=O)N1CCc2cc(Br)ccc21. The number of methoxy groups -OCH3 is 1. The molecule has 0 spiro atoms. The first kappa shape index (κ1) is 16.8. The van der Waals surface area contributed by atoms with Crippen LogP contribution in [-0.4, -0.2) is 33.1 Å². The molecule has 1 N–H and O–H groups in total. The van der Waals surface area contributed by atoms with Crippen molar-refractivity contribution in [3.63, 3.8) is 0 Å². The number of halogens is 1. The van der Waals surface area contributed by atoms with Crippen molar-refractivity contribution in [3.8, 4) is 5.75 Å². The van der Waals surface area contributed by atoms with Crippen molar-refractivity contribution >= 4 is 37.6 Å². The smallest absolute Gasteiger partial charge is 0.335 e. The summed E-state index contributed by atoms with van der Waals surface area (Å²) >= 11 is 3.38. The third-order valence-corrected chi connectivity index (χ3v) is 6.20. The zero-order valence-corrected chi connectivity index (χ0v) is 15.1. The van der Waals surface area contributed by atoms with Crippen LogP contribution in [0.2, 0.25) is 0 Å². The highest BCUT2D eigenvalue weighted by Gasteiger charge is 2.33. The fourth-order valence-corrected chi connectivity index (χ4v) is 4.82. The number of hydrogen-bond acceptors (Lipinski definition) is 4. The maximum absolute atomic E-state index is 13.1. The highest BCUT2D eigenvalue weighted by Crippen LogP contribution is 2.37. The number of hydrogen-bond donors (Lipinski definition) is 1. The van der Waals surface area contributed by atoms with Gasteiger partial charge in [-0.2, -0.15) is 0 Å². The van der Waals surface area contributed by atoms with E-state index in [1.807, 2.05) is 6.07 Å². The lowest BCUT2D eigenvalue weighted by atomic mass is 10.2. The van der Waals surface area contributed by atoms with Gasteiger partial charge in [-0.25, -0.2) is 13.2 Å². The van der Waals surface area contributed by atoms with Crippen molar-refractivity contribution in [2.45, 2.75) is 11.3 Å². The fraction of sp³-hybridized carbons (Fsp3) is 0.188. The number of sulfonamides is 1. The fourth-order valence-electron chi connectivity index (χ4n) is 2.72. The summed E-state index contributed by atoms with van der Waals surface area (Å²) in [6.45, 7) is 0.300. The molecule has 0 bridgehead atoms. The van der Waals surface area contributed by atoms with Crippen molar-refractivity contribution in [2.24, 2.45) is 0 Å². The van der Waals surface area contributed by atoms with Gasteiger partial charge in [-0.05, 0) is 48.4 Å². The zero-order chi connectivity index (χ0) is 17.5. The summed E-state index contributed by atoms with van der Waals surface area (Å²) < 4.78 is 33.5. The van der Waals surface area contributed by atoms with E-state index in [4.69, 9.17) is 9.84 Å². The molecular formula is C16H14BrNO5S. The van der Waals surface area contributed by atoms with Crippen LogP contribution in [0.1, 0.15) is 15.9 Å². The molecule has 0 aliphatic carbocycles. The minimum absolute atomic E-state index is 0.107. The Morgan fingerprint density at radius 2 is 2.00 bits per heavy atom. The van der Waals surface area contributed by atoms with E-state index in [9.17, 15) is 13.2 Å². The Kier molecular flexibility index (Phi) is 4.27. The Labute approximate surface area is 147 Å². The summed E-state index contributed by atoms with van der Waals surface area (Å²) in [7, 11) is -2.58. The van der Waals surface area contributed by atoms with Gasteiger partial charge < -0.3 is 9.84 Å². The van der Waals surface area contributed by atoms with E-state index in [0.29, 0.717) is 18.7 Å². The maximum atomic E-state index is 13.1. The monoisotopic (exact) mass is 411 g/mol. The summed E-state index contributed by atoms with van der Waals surface area (Å²) in [4.78, 5) is 11.0. The summed E-state index contributed by atoms with van der Waals surface area (Å²) in [6.07, 6.45) is 0.592. The lowest BCUT2D eigenvalue weighted by Gasteiger charge is -2.21. The van der Waals surface area contributed by atoms with Gasteiger partial charge in [-0.3, -0.25) is 4.31 Å². The minimum atomic E-state index is -3.93. The van der Waals surface area contributed by atoms with Gasteiger partial charge in [-0.1, -0.05) is 15.9 Å². The second-order valence-corrected chi connectivity index (χ2v) is 8.02. The summed E-state index contributed by atoms with van der Waals surface area (Å²) in [6, 6.07) is 9.20. The lowest BCUT2D eigenvalue weighted by molar-refractivity contribution is 0.0696. The molecular weight excluding hydrogens is 398 g/mol. The molecule has 2 aromatic carbocycles. The van der Waals surface area contributed by atoms with Crippen LogP contribution in [0.5, 0.6) is 5.75 Å². The number of nitrogens with zero attached hydrogens (tertiary/aromatic N) is 1. The van der Waals surface area contributed by atoms with Crippen LogP contribution in [0.4, 0.5) is 5.69 Å². The van der Waals surface area contributed by atoms with E-state index in [0.717, 1.165) is 16.1 Å². The average Bonchev–Trinajstić information content (AvgIpc) is 2.97. The highest BCUT2D eigenvalue weighted by molar-refractivity contribution is 9.10. The molecule has 0 radical (unpaired) electrons. The second-order valence-electron chi connectivity index (χ2n) is 5.27. The first-order valence-electron chi connectivity index (χ1n) is 7.07. The van der Waals surface area contributed by atoms with Gasteiger partial charge in [0.25, 0.3) is 10.0 Å². The van der Waals surface area contributed by atoms with E-state index >= 15 is 0 Å². The van der Waals surface area contributed by atoms with Crippen LogP contribution in [0, 0.1) is 0 Å². The molecule has 8 heteroatoms. The zero-order valence-electron chi connectivity index (χ0n) is 12.7. The van der Waals surface area contributed by atoms with Gasteiger partial charge in [0.2, 0.25) is 0 Å². The molecule has 1 aliphatic heterocycles. The van der Waals surface area contributed by atoms with Crippen LogP contribution in [0.3, 0.4) is 0 Å². The number of carbonyl (C=O) groups is 1. The van der Waals surface area contributed by atoms with E-state index in [1.54, 1.807) is 12.1 Å². The lowest BCUT2D eigenvalue weighted by Crippen LogP contribution is -2.29. The van der Waals surface area contributed by atoms with Crippen molar-refractivity contribution in [2.75, 3.05) is 18.0 Å². The van der Waals surface area contributed by atoms with Crippen LogP contribution < -0.4 is 9.04 Å². The molecule has 2 aromatic rings. The predicted octanol–water partition coefficient (Wildman–Crippen LogP) is 2.91. The Bertz CT molecular complexity index is 926. The average molecular weight is 412 g/mol. The Morgan fingerprint density at radius 3 is 2.67 bits per heavy atom. The molecule has 6 nitrogen and oxygen atoms in total. The number of benzene rings is 2. The van der Waals surface area contributed by atoms with Crippen LogP contribution >= 0.6 is 15.9 Å². The van der Waals surface area contributed by atoms with Crippen LogP contribution in [0.25, 0.3) is 0 Å². The normalized spacial score (nSPS) is 13.7. The number of rotatable bonds is 4. The highest BCUT2D eigenvalue weighted by atomic mass is 79.9. The van der Waals surface area contributed by atoms with Gasteiger partial charge in [0.05, 0.1) is 18.4 Å². The third-order valence-electron chi connectivity index (χ3n) is 3.87. The third kappa shape index (κ3) is 2.76. The largest absolute Gasteiger partial charge is 0.495 e. The molecule has 1 aliphatic rings. The molecule has 126 valence electrons. The summed E-state index contributed by atoms with van der Waals surface area (Å²) in [5.74, 6) is -1.08. The standard InChI is InChI=1S/C16H14BrNO5S/c1-23-14-5-2-11(16(19)20)9-15(14)24(21,22)18-7-6-10-8-12(17)3-4-13(10)18/h2-5,8-9H,6-7H2,1H3,(H,19,20). The maximum Gasteiger partial charge on any atom is 0.335 e. The van der Waals surface area contributed by atoms with E-state index < -0.39 is 16.0 Å². The van der Waals surface area contributed by atoms with Crippen molar-refractivity contribution in [1.82, 2.24) is 0 Å². The summed E-state index contributed by atoms with van der Waals surface area (Å²) in [5.41, 5.74) is 1.41. The predicted molar refractivity (Wildman–Crippen MR) is 92.3 cm³/mol. The number of carboxylic acid groups (broad SMARTS) is 1. The van der Waals surface area contributed by atoms with E-state index in [1.165, 1.54) is 23.5 Å². The first-order chi connectivity index (χ1) is 11.3. The quantitative estimate of drug-likeness (QED) is 0.835. The molecule has 3 rings (SSSR count). The number of carboxylic acids is 1. The first-order valence-corrected chi connectivity index (χ1v) is 9.30. The van der Waals surface area contributed by atoms with Crippen LogP contribution in [-0.2, 0) is 16.4 Å². The number of anilines is 1. The molecule has 0 amide bonds. The molecule has 0 saturated carbocycles. The minimum Gasteiger partial charge on any atom is -0.495 e.